The summed E-state index contributed by atoms with van der Waals surface area (Å²) in [6.45, 7) is 0. The highest BCUT2D eigenvalue weighted by atomic mass is 19.4. The Bertz CT molecular complexity index is 614. The van der Waals surface area contributed by atoms with Crippen LogP contribution >= 0.6 is 0 Å². The van der Waals surface area contributed by atoms with Gasteiger partial charge in [0.1, 0.15) is 0 Å². The van der Waals surface area contributed by atoms with E-state index < -0.39 is 30.8 Å². The van der Waals surface area contributed by atoms with Gasteiger partial charge in [0.25, 0.3) is 0 Å². The lowest BCUT2D eigenvalue weighted by Gasteiger charge is -2.00. The Labute approximate surface area is 169 Å². The minimum Gasteiger partial charge on any atom is -0.481 e. The molecule has 0 bridgehead atoms. The Morgan fingerprint density at radius 3 is 1.83 bits per heavy atom. The van der Waals surface area contributed by atoms with Crippen LogP contribution in [0.2, 0.25) is 0 Å². The van der Waals surface area contributed by atoms with Crippen molar-refractivity contribution >= 4 is 5.97 Å². The first kappa shape index (κ1) is 26.6. The maximum absolute atomic E-state index is 11.9. The molecule has 2 atom stereocenters. The van der Waals surface area contributed by atoms with Crippen LogP contribution in [0.4, 0.5) is 13.2 Å². The number of aliphatic hydroxyl groups excluding tert-OH is 2. The number of hydrogen-bond acceptors (Lipinski definition) is 3. The average molecular weight is 414 g/mol. The van der Waals surface area contributed by atoms with E-state index in [4.69, 9.17) is 5.11 Å². The third-order valence-electron chi connectivity index (χ3n) is 3.40. The summed E-state index contributed by atoms with van der Waals surface area (Å²) in [7, 11) is 0. The van der Waals surface area contributed by atoms with Crippen molar-refractivity contribution in [2.75, 3.05) is 0 Å². The second-order valence-corrected chi connectivity index (χ2v) is 6.16. The molecule has 1 unspecified atom stereocenters. The van der Waals surface area contributed by atoms with E-state index in [1.165, 1.54) is 6.08 Å². The first-order valence-corrected chi connectivity index (χ1v) is 9.32. The van der Waals surface area contributed by atoms with Gasteiger partial charge in [-0.2, -0.15) is 13.2 Å². The highest BCUT2D eigenvalue weighted by Crippen LogP contribution is 2.19. The number of carboxylic acid groups (broad SMARTS) is 1. The van der Waals surface area contributed by atoms with Crippen molar-refractivity contribution in [1.29, 1.82) is 0 Å². The zero-order chi connectivity index (χ0) is 22.0. The summed E-state index contributed by atoms with van der Waals surface area (Å²) in [5, 5.41) is 27.9. The average Bonchev–Trinajstić information content (AvgIpc) is 2.62. The van der Waals surface area contributed by atoms with Crippen LogP contribution < -0.4 is 0 Å². The zero-order valence-electron chi connectivity index (χ0n) is 16.2. The smallest absolute Gasteiger partial charge is 0.392 e. The van der Waals surface area contributed by atoms with Gasteiger partial charge in [-0.1, -0.05) is 72.9 Å². The number of carboxylic acids is 1. The fourth-order valence-corrected chi connectivity index (χ4v) is 1.95. The molecule has 0 spiro atoms. The summed E-state index contributed by atoms with van der Waals surface area (Å²) < 4.78 is 35.8. The number of aliphatic carboxylic acids is 1. The van der Waals surface area contributed by atoms with E-state index in [9.17, 15) is 28.2 Å². The second kappa shape index (κ2) is 16.6. The van der Waals surface area contributed by atoms with Crippen LogP contribution in [0.3, 0.4) is 0 Å². The van der Waals surface area contributed by atoms with E-state index in [1.54, 1.807) is 60.8 Å². The van der Waals surface area contributed by atoms with E-state index in [1.807, 2.05) is 0 Å². The molecular formula is C22H29F3O4. The molecule has 0 rings (SSSR count). The third kappa shape index (κ3) is 21.8. The molecule has 4 nitrogen and oxygen atoms in total. The van der Waals surface area contributed by atoms with Crippen molar-refractivity contribution in [2.24, 2.45) is 0 Å². The largest absolute Gasteiger partial charge is 0.481 e. The minimum absolute atomic E-state index is 0.0676. The lowest BCUT2D eigenvalue weighted by atomic mass is 10.2. The SMILES string of the molecule is O=C(O)CC/C=C\CC(O)/C=C/C=C/C=C\[C@@H](O)C/C=C\C/C=C\CC(F)(F)F. The fourth-order valence-electron chi connectivity index (χ4n) is 1.95. The Balaban J connectivity index is 3.94. The highest BCUT2D eigenvalue weighted by molar-refractivity contribution is 5.66. The van der Waals surface area contributed by atoms with E-state index in [2.05, 4.69) is 0 Å². The van der Waals surface area contributed by atoms with Gasteiger partial charge in [-0.05, 0) is 25.7 Å². The molecule has 0 aromatic rings. The molecule has 0 radical (unpaired) electrons. The number of hydrogen-bond donors (Lipinski definition) is 3. The van der Waals surface area contributed by atoms with Crippen LogP contribution in [0.1, 0.15) is 38.5 Å². The molecule has 0 fully saturated rings. The maximum Gasteiger partial charge on any atom is 0.392 e. The van der Waals surface area contributed by atoms with Gasteiger partial charge < -0.3 is 15.3 Å². The van der Waals surface area contributed by atoms with Crippen molar-refractivity contribution in [3.63, 3.8) is 0 Å². The van der Waals surface area contributed by atoms with Gasteiger partial charge in [0, 0.05) is 6.42 Å². The molecule has 0 aliphatic rings. The van der Waals surface area contributed by atoms with Gasteiger partial charge in [-0.3, -0.25) is 4.79 Å². The standard InChI is InChI=1S/C22H29F3O4/c23-22(24,25)18-12-5-1-2-7-13-19(26)14-8-3-4-9-15-20(27)16-10-6-11-17-21(28)29/h2-10,12,14-15,19-20,26-27H,1,11,13,16-18H2,(H,28,29)/b4-3+,7-2-,10-6-,12-5-,14-8-,15-9+/t19-,20?/m0/s1. The Morgan fingerprint density at radius 1 is 0.793 bits per heavy atom. The summed E-state index contributed by atoms with van der Waals surface area (Å²) in [6, 6.07) is 0. The highest BCUT2D eigenvalue weighted by Gasteiger charge is 2.24. The van der Waals surface area contributed by atoms with E-state index in [0.29, 0.717) is 25.7 Å². The van der Waals surface area contributed by atoms with Gasteiger partial charge in [0.05, 0.1) is 18.6 Å². The summed E-state index contributed by atoms with van der Waals surface area (Å²) in [5.41, 5.74) is 0. The number of halogens is 3. The number of aliphatic hydroxyl groups is 2. The predicted molar refractivity (Wildman–Crippen MR) is 108 cm³/mol. The molecule has 0 saturated carbocycles. The summed E-state index contributed by atoms with van der Waals surface area (Å²) in [4.78, 5) is 10.3. The number of allylic oxidation sites excluding steroid dienone is 8. The fraction of sp³-hybridized carbons (Fsp3) is 0.409. The van der Waals surface area contributed by atoms with Crippen LogP contribution in [-0.2, 0) is 4.79 Å². The molecule has 0 aliphatic carbocycles. The molecule has 0 heterocycles. The van der Waals surface area contributed by atoms with E-state index in [-0.39, 0.29) is 6.42 Å². The monoisotopic (exact) mass is 414 g/mol. The molecule has 162 valence electrons. The van der Waals surface area contributed by atoms with Gasteiger partial charge >= 0.3 is 12.1 Å². The second-order valence-electron chi connectivity index (χ2n) is 6.16. The van der Waals surface area contributed by atoms with Crippen molar-refractivity contribution in [2.45, 2.75) is 56.9 Å². The van der Waals surface area contributed by atoms with Crippen LogP contribution in [0.5, 0.6) is 0 Å². The van der Waals surface area contributed by atoms with Crippen molar-refractivity contribution in [1.82, 2.24) is 0 Å². The summed E-state index contributed by atoms with van der Waals surface area (Å²) >= 11 is 0. The van der Waals surface area contributed by atoms with Crippen molar-refractivity contribution in [3.05, 3.63) is 72.9 Å². The topological polar surface area (TPSA) is 77.8 Å². The molecule has 0 aliphatic heterocycles. The van der Waals surface area contributed by atoms with Gasteiger partial charge in [-0.25, -0.2) is 0 Å². The molecule has 0 aromatic heterocycles. The number of carbonyl (C=O) groups is 1. The van der Waals surface area contributed by atoms with Crippen LogP contribution in [-0.4, -0.2) is 39.7 Å². The molecule has 0 aromatic carbocycles. The first-order valence-electron chi connectivity index (χ1n) is 9.32. The lowest BCUT2D eigenvalue weighted by Crippen LogP contribution is -2.03. The quantitative estimate of drug-likeness (QED) is 0.275. The normalized spacial score (nSPS) is 15.8. The molecule has 29 heavy (non-hydrogen) atoms. The van der Waals surface area contributed by atoms with E-state index in [0.717, 1.165) is 6.08 Å². The molecule has 3 N–H and O–H groups in total. The van der Waals surface area contributed by atoms with Crippen LogP contribution in [0, 0.1) is 0 Å². The Morgan fingerprint density at radius 2 is 1.31 bits per heavy atom. The minimum atomic E-state index is -4.18. The predicted octanol–water partition coefficient (Wildman–Crippen LogP) is 5.03. The van der Waals surface area contributed by atoms with Crippen molar-refractivity contribution in [3.8, 4) is 0 Å². The van der Waals surface area contributed by atoms with Crippen LogP contribution in [0.25, 0.3) is 0 Å². The summed E-state index contributed by atoms with van der Waals surface area (Å²) in [6.07, 6.45) is 14.4. The molecule has 7 heteroatoms. The lowest BCUT2D eigenvalue weighted by molar-refractivity contribution is -0.137. The third-order valence-corrected chi connectivity index (χ3v) is 3.40. The van der Waals surface area contributed by atoms with Gasteiger partial charge in [0.15, 0.2) is 0 Å². The van der Waals surface area contributed by atoms with Crippen LogP contribution in [0.15, 0.2) is 72.9 Å². The summed E-state index contributed by atoms with van der Waals surface area (Å²) in [5.74, 6) is -0.855. The Kier molecular flexibility index (Phi) is 15.2. The van der Waals surface area contributed by atoms with Gasteiger partial charge in [-0.15, -0.1) is 0 Å². The number of alkyl halides is 3. The zero-order valence-corrected chi connectivity index (χ0v) is 16.2. The van der Waals surface area contributed by atoms with E-state index >= 15 is 0 Å². The number of rotatable bonds is 14. The maximum atomic E-state index is 11.9. The first-order chi connectivity index (χ1) is 13.7. The van der Waals surface area contributed by atoms with Gasteiger partial charge in [0.2, 0.25) is 0 Å². The van der Waals surface area contributed by atoms with Crippen molar-refractivity contribution < 1.29 is 33.3 Å². The molecule has 0 amide bonds. The molecular weight excluding hydrogens is 385 g/mol. The molecule has 0 saturated heterocycles. The Hall–Kier alpha value is -2.38.